The van der Waals surface area contributed by atoms with E-state index in [9.17, 15) is 0 Å². The van der Waals surface area contributed by atoms with Crippen LogP contribution in [0.1, 0.15) is 0 Å². The average molecular weight is 371 g/mol. The first-order chi connectivity index (χ1) is 13.3. The van der Waals surface area contributed by atoms with E-state index in [2.05, 4.69) is 4.98 Å². The predicted octanol–water partition coefficient (Wildman–Crippen LogP) is 6.60. The number of fused-ring (bicyclic) bond motifs is 6. The fourth-order valence-corrected chi connectivity index (χ4v) is 3.76. The smallest absolute Gasteiger partial charge is 0.191 e. The molecule has 3 aromatic heterocycles. The van der Waals surface area contributed by atoms with Crippen LogP contribution in [0.4, 0.5) is 0 Å². The molecule has 0 saturated carbocycles. The Morgan fingerprint density at radius 3 is 2.22 bits per heavy atom. The molecule has 4 nitrogen and oxygen atoms in total. The van der Waals surface area contributed by atoms with Crippen LogP contribution in [0.5, 0.6) is 0 Å². The molecule has 0 unspecified atom stereocenters. The van der Waals surface area contributed by atoms with Crippen molar-refractivity contribution >= 4 is 55.6 Å². The van der Waals surface area contributed by atoms with Crippen molar-refractivity contribution in [2.24, 2.45) is 0 Å². The van der Waals surface area contributed by atoms with Gasteiger partial charge < -0.3 is 8.83 Å². The number of furan rings is 2. The molecule has 0 spiro atoms. The summed E-state index contributed by atoms with van der Waals surface area (Å²) in [5, 5.41) is 3.33. The number of halogens is 1. The predicted molar refractivity (Wildman–Crippen MR) is 107 cm³/mol. The second-order valence-electron chi connectivity index (χ2n) is 6.42. The van der Waals surface area contributed by atoms with Gasteiger partial charge in [-0.15, -0.1) is 0 Å². The molecule has 0 aliphatic carbocycles. The zero-order valence-electron chi connectivity index (χ0n) is 13.9. The molecule has 0 fully saturated rings. The van der Waals surface area contributed by atoms with Gasteiger partial charge in [-0.05, 0) is 36.4 Å². The highest BCUT2D eigenvalue weighted by Gasteiger charge is 2.16. The highest BCUT2D eigenvalue weighted by molar-refractivity contribution is 6.34. The van der Waals surface area contributed by atoms with Crippen molar-refractivity contribution in [2.75, 3.05) is 0 Å². The number of benzene rings is 3. The van der Waals surface area contributed by atoms with Crippen LogP contribution in [0.2, 0.25) is 5.15 Å². The Balaban J connectivity index is 1.64. The largest absolute Gasteiger partial charge is 0.456 e. The Morgan fingerprint density at radius 1 is 0.667 bits per heavy atom. The number of hydrogen-bond acceptors (Lipinski definition) is 4. The third-order valence-corrected chi connectivity index (χ3v) is 5.07. The van der Waals surface area contributed by atoms with Gasteiger partial charge in [0.1, 0.15) is 22.3 Å². The van der Waals surface area contributed by atoms with Crippen molar-refractivity contribution in [3.8, 4) is 11.4 Å². The van der Waals surface area contributed by atoms with Crippen molar-refractivity contribution in [3.05, 3.63) is 71.9 Å². The molecular formula is C22H11ClN2O2. The topological polar surface area (TPSA) is 52.1 Å². The van der Waals surface area contributed by atoms with Crippen molar-refractivity contribution in [1.29, 1.82) is 0 Å². The molecule has 0 saturated heterocycles. The van der Waals surface area contributed by atoms with E-state index in [-0.39, 0.29) is 0 Å². The van der Waals surface area contributed by atoms with Gasteiger partial charge in [-0.2, -0.15) is 0 Å². The summed E-state index contributed by atoms with van der Waals surface area (Å²) in [6, 6.07) is 21.7. The van der Waals surface area contributed by atoms with E-state index in [1.165, 1.54) is 0 Å². The molecule has 6 aromatic rings. The first-order valence-corrected chi connectivity index (χ1v) is 8.92. The summed E-state index contributed by atoms with van der Waals surface area (Å²) in [5.41, 5.74) is 4.55. The molecular weight excluding hydrogens is 360 g/mol. The molecule has 3 heterocycles. The molecule has 0 amide bonds. The normalized spacial score (nSPS) is 11.9. The van der Waals surface area contributed by atoms with Crippen LogP contribution in [-0.2, 0) is 0 Å². The maximum absolute atomic E-state index is 6.41. The van der Waals surface area contributed by atoms with Gasteiger partial charge >= 0.3 is 0 Å². The second-order valence-corrected chi connectivity index (χ2v) is 6.78. The van der Waals surface area contributed by atoms with Gasteiger partial charge in [0.15, 0.2) is 16.6 Å². The van der Waals surface area contributed by atoms with Gasteiger partial charge in [-0.3, -0.25) is 0 Å². The Labute approximate surface area is 158 Å². The van der Waals surface area contributed by atoms with Gasteiger partial charge in [-0.1, -0.05) is 41.9 Å². The van der Waals surface area contributed by atoms with Crippen molar-refractivity contribution in [1.82, 2.24) is 9.97 Å². The molecule has 0 aliphatic rings. The monoisotopic (exact) mass is 370 g/mol. The maximum Gasteiger partial charge on any atom is 0.191 e. The lowest BCUT2D eigenvalue weighted by atomic mass is 10.1. The second kappa shape index (κ2) is 5.32. The highest BCUT2D eigenvalue weighted by Crippen LogP contribution is 2.35. The van der Waals surface area contributed by atoms with Crippen LogP contribution in [0.3, 0.4) is 0 Å². The van der Waals surface area contributed by atoms with Crippen LogP contribution in [-0.4, -0.2) is 9.97 Å². The summed E-state index contributed by atoms with van der Waals surface area (Å²) >= 11 is 6.41. The van der Waals surface area contributed by atoms with Crippen LogP contribution < -0.4 is 0 Å². The van der Waals surface area contributed by atoms with E-state index >= 15 is 0 Å². The first kappa shape index (κ1) is 14.8. The minimum atomic E-state index is 0.309. The lowest BCUT2D eigenvalue weighted by Crippen LogP contribution is -1.90. The lowest BCUT2D eigenvalue weighted by molar-refractivity contribution is 0.666. The van der Waals surface area contributed by atoms with Gasteiger partial charge in [0.25, 0.3) is 0 Å². The molecule has 0 radical (unpaired) electrons. The summed E-state index contributed by atoms with van der Waals surface area (Å²) < 4.78 is 11.7. The third-order valence-electron chi connectivity index (χ3n) is 4.81. The Hall–Kier alpha value is -3.37. The van der Waals surface area contributed by atoms with E-state index in [1.54, 1.807) is 0 Å². The average Bonchev–Trinajstić information content (AvgIpc) is 3.26. The molecule has 0 bridgehead atoms. The fraction of sp³-hybridized carbons (Fsp3) is 0. The van der Waals surface area contributed by atoms with Crippen molar-refractivity contribution < 1.29 is 8.83 Å². The molecule has 128 valence electrons. The van der Waals surface area contributed by atoms with Crippen LogP contribution in [0.25, 0.3) is 55.4 Å². The van der Waals surface area contributed by atoms with E-state index in [0.29, 0.717) is 16.6 Å². The Kier molecular flexibility index (Phi) is 2.91. The Morgan fingerprint density at radius 2 is 1.37 bits per heavy atom. The first-order valence-electron chi connectivity index (χ1n) is 8.54. The molecule has 5 heteroatoms. The number of nitrogens with zero attached hydrogens (tertiary/aromatic N) is 2. The van der Waals surface area contributed by atoms with Crippen molar-refractivity contribution in [2.45, 2.75) is 0 Å². The standard InChI is InChI=1S/C22H11ClN2O2/c23-21-20-19(14-6-2-4-8-17(14)27-20)24-22(25-21)12-9-10-18-15(11-12)13-5-1-3-7-16(13)26-18/h1-11H. The van der Waals surface area contributed by atoms with E-state index in [4.69, 9.17) is 25.4 Å². The van der Waals surface area contributed by atoms with E-state index in [0.717, 1.165) is 44.0 Å². The zero-order valence-corrected chi connectivity index (χ0v) is 14.7. The maximum atomic E-state index is 6.41. The summed E-state index contributed by atoms with van der Waals surface area (Å²) in [6.45, 7) is 0. The van der Waals surface area contributed by atoms with Crippen LogP contribution in [0, 0.1) is 0 Å². The number of rotatable bonds is 1. The number of aromatic nitrogens is 2. The molecule has 6 rings (SSSR count). The lowest BCUT2D eigenvalue weighted by Gasteiger charge is -2.02. The van der Waals surface area contributed by atoms with Crippen LogP contribution >= 0.6 is 11.6 Å². The summed E-state index contributed by atoms with van der Waals surface area (Å²) in [6.07, 6.45) is 0. The Bertz CT molecular complexity index is 1500. The minimum Gasteiger partial charge on any atom is -0.456 e. The summed E-state index contributed by atoms with van der Waals surface area (Å²) in [4.78, 5) is 9.21. The van der Waals surface area contributed by atoms with Crippen LogP contribution in [0.15, 0.2) is 75.6 Å². The van der Waals surface area contributed by atoms with Gasteiger partial charge in [-0.25, -0.2) is 9.97 Å². The molecule has 0 atom stereocenters. The summed E-state index contributed by atoms with van der Waals surface area (Å²) in [7, 11) is 0. The highest BCUT2D eigenvalue weighted by atomic mass is 35.5. The van der Waals surface area contributed by atoms with E-state index < -0.39 is 0 Å². The van der Waals surface area contributed by atoms with E-state index in [1.807, 2.05) is 66.7 Å². The summed E-state index contributed by atoms with van der Waals surface area (Å²) in [5.74, 6) is 0.561. The molecule has 0 N–H and O–H groups in total. The third kappa shape index (κ3) is 2.11. The van der Waals surface area contributed by atoms with Gasteiger partial charge in [0.05, 0.1) is 0 Å². The molecule has 27 heavy (non-hydrogen) atoms. The molecule has 3 aromatic carbocycles. The zero-order chi connectivity index (χ0) is 18.0. The van der Waals surface area contributed by atoms with Gasteiger partial charge in [0.2, 0.25) is 0 Å². The SMILES string of the molecule is Clc1nc(-c2ccc3oc4ccccc4c3c2)nc2c1oc1ccccc12. The van der Waals surface area contributed by atoms with Gasteiger partial charge in [0, 0.05) is 21.7 Å². The molecule has 0 aliphatic heterocycles. The number of para-hydroxylation sites is 2. The fourth-order valence-electron chi connectivity index (χ4n) is 3.55. The van der Waals surface area contributed by atoms with Crippen molar-refractivity contribution in [3.63, 3.8) is 0 Å². The minimum absolute atomic E-state index is 0.309. The number of hydrogen-bond donors (Lipinski definition) is 0. The quantitative estimate of drug-likeness (QED) is 0.306.